The minimum absolute atomic E-state index is 0.102. The van der Waals surface area contributed by atoms with Crippen LogP contribution < -0.4 is 4.74 Å². The molecule has 0 aliphatic carbocycles. The molecule has 7 heteroatoms. The maximum Gasteiger partial charge on any atom is 0.266 e. The lowest BCUT2D eigenvalue weighted by molar-refractivity contribution is -0.121. The molecular formula is C23H18ClN3O2S. The summed E-state index contributed by atoms with van der Waals surface area (Å²) in [4.78, 5) is 23.4. The van der Waals surface area contributed by atoms with E-state index in [0.29, 0.717) is 33.1 Å². The number of amides is 1. The Morgan fingerprint density at radius 2 is 1.93 bits per heavy atom. The van der Waals surface area contributed by atoms with Gasteiger partial charge >= 0.3 is 0 Å². The van der Waals surface area contributed by atoms with Crippen molar-refractivity contribution in [2.45, 2.75) is 6.61 Å². The first-order valence-electron chi connectivity index (χ1n) is 9.23. The summed E-state index contributed by atoms with van der Waals surface area (Å²) in [7, 11) is 1.72. The van der Waals surface area contributed by atoms with Gasteiger partial charge in [-0.15, -0.1) is 0 Å². The van der Waals surface area contributed by atoms with Crippen molar-refractivity contribution in [2.24, 2.45) is 4.99 Å². The predicted octanol–water partition coefficient (Wildman–Crippen LogP) is 5.55. The summed E-state index contributed by atoms with van der Waals surface area (Å²) in [5.41, 5.74) is 2.55. The molecule has 1 aliphatic heterocycles. The first kappa shape index (κ1) is 20.2. The lowest BCUT2D eigenvalue weighted by Crippen LogP contribution is -2.23. The quantitative estimate of drug-likeness (QED) is 0.493. The largest absolute Gasteiger partial charge is 0.488 e. The molecule has 2 aromatic carbocycles. The van der Waals surface area contributed by atoms with E-state index >= 15 is 0 Å². The van der Waals surface area contributed by atoms with Crippen LogP contribution in [0.4, 0.5) is 5.69 Å². The number of carbonyl (C=O) groups is 1. The number of ether oxygens (including phenoxy) is 1. The number of pyridine rings is 1. The molecule has 2 heterocycles. The van der Waals surface area contributed by atoms with Crippen LogP contribution in [-0.4, -0.2) is 28.0 Å². The molecular weight excluding hydrogens is 418 g/mol. The second-order valence-corrected chi connectivity index (χ2v) is 7.98. The Labute approximate surface area is 184 Å². The van der Waals surface area contributed by atoms with E-state index in [2.05, 4.69) is 9.98 Å². The third kappa shape index (κ3) is 4.72. The molecule has 3 aromatic rings. The van der Waals surface area contributed by atoms with E-state index in [1.165, 1.54) is 11.8 Å². The second-order valence-electron chi connectivity index (χ2n) is 6.53. The summed E-state index contributed by atoms with van der Waals surface area (Å²) in [5, 5.41) is 1.30. The molecule has 0 N–H and O–H groups in total. The number of aromatic nitrogens is 1. The fourth-order valence-electron chi connectivity index (χ4n) is 2.80. The van der Waals surface area contributed by atoms with E-state index in [-0.39, 0.29) is 5.91 Å². The summed E-state index contributed by atoms with van der Waals surface area (Å²) in [6.07, 6.45) is 5.19. The van der Waals surface area contributed by atoms with Crippen LogP contribution in [0.25, 0.3) is 6.08 Å². The van der Waals surface area contributed by atoms with Crippen LogP contribution in [0.3, 0.4) is 0 Å². The zero-order valence-corrected chi connectivity index (χ0v) is 17.7. The van der Waals surface area contributed by atoms with Crippen molar-refractivity contribution in [3.05, 3.63) is 94.1 Å². The van der Waals surface area contributed by atoms with Crippen LogP contribution in [0, 0.1) is 0 Å². The Kier molecular flexibility index (Phi) is 6.16. The van der Waals surface area contributed by atoms with Gasteiger partial charge < -0.3 is 4.74 Å². The number of nitrogens with zero attached hydrogens (tertiary/aromatic N) is 3. The van der Waals surface area contributed by atoms with Gasteiger partial charge in [0.25, 0.3) is 5.91 Å². The lowest BCUT2D eigenvalue weighted by Gasteiger charge is -2.10. The molecule has 0 atom stereocenters. The number of hydrogen-bond donors (Lipinski definition) is 0. The smallest absolute Gasteiger partial charge is 0.266 e. The highest BCUT2D eigenvalue weighted by molar-refractivity contribution is 8.18. The topological polar surface area (TPSA) is 54.8 Å². The third-order valence-corrected chi connectivity index (χ3v) is 5.70. The molecule has 150 valence electrons. The second kappa shape index (κ2) is 9.15. The maximum absolute atomic E-state index is 12.7. The number of para-hydroxylation sites is 1. The normalized spacial score (nSPS) is 16.5. The summed E-state index contributed by atoms with van der Waals surface area (Å²) < 4.78 is 6.00. The van der Waals surface area contributed by atoms with Crippen molar-refractivity contribution in [1.29, 1.82) is 0 Å². The molecule has 1 amide bonds. The van der Waals surface area contributed by atoms with Gasteiger partial charge in [-0.25, -0.2) is 4.99 Å². The van der Waals surface area contributed by atoms with E-state index in [1.54, 1.807) is 24.3 Å². The highest BCUT2D eigenvalue weighted by Gasteiger charge is 2.30. The van der Waals surface area contributed by atoms with Crippen molar-refractivity contribution in [2.75, 3.05) is 7.05 Å². The first-order valence-corrected chi connectivity index (χ1v) is 10.4. The van der Waals surface area contributed by atoms with Crippen molar-refractivity contribution in [3.63, 3.8) is 0 Å². The third-order valence-electron chi connectivity index (χ3n) is 4.39. The van der Waals surface area contributed by atoms with Gasteiger partial charge in [-0.3, -0.25) is 14.7 Å². The molecule has 0 spiro atoms. The minimum Gasteiger partial charge on any atom is -0.488 e. The van der Waals surface area contributed by atoms with Gasteiger partial charge in [0.05, 0.1) is 16.8 Å². The molecule has 5 nitrogen and oxygen atoms in total. The minimum atomic E-state index is -0.102. The molecule has 1 saturated heterocycles. The standard InChI is InChI=1S/C23H18ClN3O2S/c1-27-22(28)21(30-23(27)26-19-6-4-12-25-14-19)13-17-5-2-3-7-20(17)29-15-16-8-10-18(24)11-9-16/h2-14H,15H2,1H3/b21-13-,26-23?. The summed E-state index contributed by atoms with van der Waals surface area (Å²) in [6, 6.07) is 18.8. The van der Waals surface area contributed by atoms with Crippen molar-refractivity contribution >= 4 is 46.2 Å². The van der Waals surface area contributed by atoms with Crippen molar-refractivity contribution in [1.82, 2.24) is 9.88 Å². The van der Waals surface area contributed by atoms with Gasteiger partial charge in [0.1, 0.15) is 12.4 Å². The molecule has 30 heavy (non-hydrogen) atoms. The molecule has 0 bridgehead atoms. The molecule has 1 aromatic heterocycles. The van der Waals surface area contributed by atoms with Crippen LogP contribution in [0.5, 0.6) is 5.75 Å². The maximum atomic E-state index is 12.7. The molecule has 0 unspecified atom stereocenters. The summed E-state index contributed by atoms with van der Waals surface area (Å²) >= 11 is 7.27. The van der Waals surface area contributed by atoms with Crippen LogP contribution in [0.2, 0.25) is 5.02 Å². The zero-order valence-electron chi connectivity index (χ0n) is 16.2. The fourth-order valence-corrected chi connectivity index (χ4v) is 3.90. The van der Waals surface area contributed by atoms with Crippen LogP contribution in [0.1, 0.15) is 11.1 Å². The lowest BCUT2D eigenvalue weighted by atomic mass is 10.2. The SMILES string of the molecule is CN1C(=O)/C(=C/c2ccccc2OCc2ccc(Cl)cc2)SC1=Nc1cccnc1. The highest BCUT2D eigenvalue weighted by Crippen LogP contribution is 2.34. The van der Waals surface area contributed by atoms with Crippen LogP contribution in [0.15, 0.2) is 83.0 Å². The molecule has 4 rings (SSSR count). The van der Waals surface area contributed by atoms with Crippen LogP contribution >= 0.6 is 23.4 Å². The summed E-state index contributed by atoms with van der Waals surface area (Å²) in [6.45, 7) is 0.409. The van der Waals surface area contributed by atoms with Gasteiger partial charge in [-0.1, -0.05) is 41.9 Å². The number of thioether (sulfide) groups is 1. The van der Waals surface area contributed by atoms with E-state index < -0.39 is 0 Å². The molecule has 1 aliphatic rings. The molecule has 0 radical (unpaired) electrons. The Morgan fingerprint density at radius 1 is 1.13 bits per heavy atom. The van der Waals surface area contributed by atoms with Crippen molar-refractivity contribution in [3.8, 4) is 5.75 Å². The Balaban J connectivity index is 1.55. The average Bonchev–Trinajstić information content (AvgIpc) is 3.03. The van der Waals surface area contributed by atoms with Crippen LogP contribution in [-0.2, 0) is 11.4 Å². The van der Waals surface area contributed by atoms with Gasteiger partial charge in [0.15, 0.2) is 5.17 Å². The zero-order chi connectivity index (χ0) is 20.9. The number of rotatable bonds is 5. The highest BCUT2D eigenvalue weighted by atomic mass is 35.5. The summed E-state index contributed by atoms with van der Waals surface area (Å²) in [5.74, 6) is 0.601. The molecule has 0 saturated carbocycles. The van der Waals surface area contributed by atoms with E-state index in [0.717, 1.165) is 11.1 Å². The molecule has 1 fully saturated rings. The Bertz CT molecular complexity index is 1110. The predicted molar refractivity (Wildman–Crippen MR) is 122 cm³/mol. The van der Waals surface area contributed by atoms with Gasteiger partial charge in [-0.05, 0) is 53.7 Å². The first-order chi connectivity index (χ1) is 14.6. The van der Waals surface area contributed by atoms with Gasteiger partial charge in [-0.2, -0.15) is 0 Å². The number of hydrogen-bond acceptors (Lipinski definition) is 5. The van der Waals surface area contributed by atoms with E-state index in [4.69, 9.17) is 16.3 Å². The van der Waals surface area contributed by atoms with Gasteiger partial charge in [0.2, 0.25) is 0 Å². The van der Waals surface area contributed by atoms with E-state index in [1.807, 2.05) is 66.7 Å². The van der Waals surface area contributed by atoms with E-state index in [9.17, 15) is 4.79 Å². The number of likely N-dealkylation sites (N-methyl/N-ethyl adjacent to an activating group) is 1. The monoisotopic (exact) mass is 435 g/mol. The number of aliphatic imine (C=N–C) groups is 1. The fraction of sp³-hybridized carbons (Fsp3) is 0.0870. The number of benzene rings is 2. The number of halogens is 1. The Morgan fingerprint density at radius 3 is 2.70 bits per heavy atom. The number of carbonyl (C=O) groups excluding carboxylic acids is 1. The number of amidine groups is 1. The van der Waals surface area contributed by atoms with Gasteiger partial charge in [0, 0.05) is 23.8 Å². The Hall–Kier alpha value is -3.09. The van der Waals surface area contributed by atoms with Crippen molar-refractivity contribution < 1.29 is 9.53 Å². The average molecular weight is 436 g/mol.